The summed E-state index contributed by atoms with van der Waals surface area (Å²) in [7, 11) is 0. The highest BCUT2D eigenvalue weighted by atomic mass is 35.5. The molecule has 0 bridgehead atoms. The molecule has 0 saturated carbocycles. The van der Waals surface area contributed by atoms with Crippen LogP contribution >= 0.6 is 23.2 Å². The van der Waals surface area contributed by atoms with Crippen LogP contribution in [0.1, 0.15) is 70.1 Å². The first-order chi connectivity index (χ1) is 17.8. The van der Waals surface area contributed by atoms with Crippen LogP contribution in [0.15, 0.2) is 30.3 Å². The van der Waals surface area contributed by atoms with Crippen LogP contribution in [-0.4, -0.2) is 60.1 Å². The largest absolute Gasteiger partial charge is 0.481 e. The van der Waals surface area contributed by atoms with Gasteiger partial charge in [-0.1, -0.05) is 69.1 Å². The average molecular weight is 551 g/mol. The Hall–Kier alpha value is -1.79. The number of anilines is 2. The second-order valence-corrected chi connectivity index (χ2v) is 10.5. The van der Waals surface area contributed by atoms with Crippen LogP contribution in [0.2, 0.25) is 10.0 Å². The molecule has 0 radical (unpaired) electrons. The standard InChI is InChI=1S/C30H45Cl2N3O2/c1-5-16-34(17-6-2)20-14-23-12-13-24(22-28(36)37)29(33-30-26(31)10-9-11-27(30)32)25(23)15-21-35(18-7-3)19-8-4/h9-13,33H,5-8,14-22H2,1-4H3,(H,36,37). The molecule has 0 spiro atoms. The number of carbonyl (C=O) groups is 1. The molecule has 2 aromatic carbocycles. The van der Waals surface area contributed by atoms with Crippen LogP contribution in [0.5, 0.6) is 0 Å². The normalized spacial score (nSPS) is 11.5. The van der Waals surface area contributed by atoms with Crippen LogP contribution in [0.3, 0.4) is 0 Å². The summed E-state index contributed by atoms with van der Waals surface area (Å²) in [4.78, 5) is 16.8. The van der Waals surface area contributed by atoms with E-state index in [-0.39, 0.29) is 6.42 Å². The summed E-state index contributed by atoms with van der Waals surface area (Å²) < 4.78 is 0. The first kappa shape index (κ1) is 31.4. The van der Waals surface area contributed by atoms with Gasteiger partial charge in [-0.05, 0) is 93.5 Å². The van der Waals surface area contributed by atoms with Crippen molar-refractivity contribution in [3.63, 3.8) is 0 Å². The Balaban J connectivity index is 2.55. The molecule has 0 heterocycles. The van der Waals surface area contributed by atoms with Crippen molar-refractivity contribution in [2.75, 3.05) is 44.6 Å². The van der Waals surface area contributed by atoms with E-state index in [1.165, 1.54) is 11.1 Å². The van der Waals surface area contributed by atoms with Crippen LogP contribution in [0.4, 0.5) is 11.4 Å². The summed E-state index contributed by atoms with van der Waals surface area (Å²) in [5, 5.41) is 14.2. The highest BCUT2D eigenvalue weighted by molar-refractivity contribution is 6.39. The Morgan fingerprint density at radius 2 is 1.22 bits per heavy atom. The zero-order valence-electron chi connectivity index (χ0n) is 23.1. The lowest BCUT2D eigenvalue weighted by atomic mass is 9.94. The van der Waals surface area contributed by atoms with Crippen LogP contribution in [-0.2, 0) is 24.1 Å². The molecule has 5 nitrogen and oxygen atoms in total. The van der Waals surface area contributed by atoms with Crippen molar-refractivity contribution >= 4 is 40.5 Å². The summed E-state index contributed by atoms with van der Waals surface area (Å²) in [6, 6.07) is 9.50. The zero-order valence-corrected chi connectivity index (χ0v) is 24.6. The molecule has 0 unspecified atom stereocenters. The monoisotopic (exact) mass is 549 g/mol. The molecule has 0 fully saturated rings. The third kappa shape index (κ3) is 10.1. The minimum Gasteiger partial charge on any atom is -0.481 e. The van der Waals surface area contributed by atoms with Gasteiger partial charge in [-0.15, -0.1) is 0 Å². The van der Waals surface area contributed by atoms with E-state index >= 15 is 0 Å². The number of hydrogen-bond donors (Lipinski definition) is 2. The van der Waals surface area contributed by atoms with Gasteiger partial charge in [0.25, 0.3) is 0 Å². The molecule has 206 valence electrons. The van der Waals surface area contributed by atoms with Gasteiger partial charge in [-0.25, -0.2) is 0 Å². The molecule has 0 amide bonds. The Morgan fingerprint density at radius 1 is 0.730 bits per heavy atom. The third-order valence-electron chi connectivity index (χ3n) is 6.59. The van der Waals surface area contributed by atoms with Crippen LogP contribution in [0.25, 0.3) is 0 Å². The van der Waals surface area contributed by atoms with Gasteiger partial charge in [0.05, 0.1) is 22.2 Å². The molecule has 37 heavy (non-hydrogen) atoms. The fourth-order valence-corrected chi connectivity index (χ4v) is 5.44. The number of hydrogen-bond acceptors (Lipinski definition) is 4. The maximum atomic E-state index is 11.8. The molecular formula is C30H45Cl2N3O2. The topological polar surface area (TPSA) is 55.8 Å². The van der Waals surface area contributed by atoms with E-state index in [9.17, 15) is 9.90 Å². The fourth-order valence-electron chi connectivity index (χ4n) is 4.95. The molecule has 0 saturated heterocycles. The minimum absolute atomic E-state index is 0.0664. The third-order valence-corrected chi connectivity index (χ3v) is 7.22. The fraction of sp³-hybridized carbons (Fsp3) is 0.567. The molecule has 2 rings (SSSR count). The van der Waals surface area contributed by atoms with E-state index in [0.717, 1.165) is 89.0 Å². The van der Waals surface area contributed by atoms with Crippen molar-refractivity contribution in [1.29, 1.82) is 0 Å². The van der Waals surface area contributed by atoms with Gasteiger partial charge >= 0.3 is 5.97 Å². The van der Waals surface area contributed by atoms with E-state index in [1.807, 2.05) is 12.1 Å². The van der Waals surface area contributed by atoms with E-state index < -0.39 is 5.97 Å². The van der Waals surface area contributed by atoms with Crippen molar-refractivity contribution < 1.29 is 9.90 Å². The number of rotatable bonds is 18. The molecule has 2 N–H and O–H groups in total. The Bertz CT molecular complexity index is 951. The summed E-state index contributed by atoms with van der Waals surface area (Å²) >= 11 is 13.1. The van der Waals surface area contributed by atoms with Crippen molar-refractivity contribution in [1.82, 2.24) is 9.80 Å². The maximum Gasteiger partial charge on any atom is 0.307 e. The number of carboxylic acids is 1. The van der Waals surface area contributed by atoms with E-state index in [0.29, 0.717) is 15.7 Å². The predicted molar refractivity (Wildman–Crippen MR) is 159 cm³/mol. The van der Waals surface area contributed by atoms with Gasteiger partial charge in [0.15, 0.2) is 0 Å². The lowest BCUT2D eigenvalue weighted by Gasteiger charge is -2.26. The lowest BCUT2D eigenvalue weighted by Crippen LogP contribution is -2.29. The minimum atomic E-state index is -0.859. The number of para-hydroxylation sites is 1. The number of nitrogens with one attached hydrogen (secondary N) is 1. The van der Waals surface area contributed by atoms with E-state index in [4.69, 9.17) is 23.2 Å². The van der Waals surface area contributed by atoms with Gasteiger partial charge in [0, 0.05) is 18.8 Å². The highest BCUT2D eigenvalue weighted by Crippen LogP contribution is 2.37. The molecule has 0 atom stereocenters. The van der Waals surface area contributed by atoms with Gasteiger partial charge in [0.1, 0.15) is 0 Å². The number of nitrogens with zero attached hydrogens (tertiary/aromatic N) is 2. The van der Waals surface area contributed by atoms with Crippen molar-refractivity contribution in [3.05, 3.63) is 57.1 Å². The Labute approximate surface area is 234 Å². The quantitative estimate of drug-likeness (QED) is 0.199. The maximum absolute atomic E-state index is 11.8. The molecule has 0 aromatic heterocycles. The second-order valence-electron chi connectivity index (χ2n) is 9.71. The second kappa shape index (κ2) is 16.9. The van der Waals surface area contributed by atoms with Crippen molar-refractivity contribution in [3.8, 4) is 0 Å². The number of benzene rings is 2. The van der Waals surface area contributed by atoms with Crippen molar-refractivity contribution in [2.45, 2.75) is 72.6 Å². The predicted octanol–water partition coefficient (Wildman–Crippen LogP) is 7.69. The smallest absolute Gasteiger partial charge is 0.307 e. The molecule has 2 aromatic rings. The number of halogens is 2. The van der Waals surface area contributed by atoms with Gasteiger partial charge in [-0.2, -0.15) is 0 Å². The summed E-state index contributed by atoms with van der Waals surface area (Å²) in [5.41, 5.74) is 4.62. The summed E-state index contributed by atoms with van der Waals surface area (Å²) in [6.45, 7) is 15.0. The SMILES string of the molecule is CCCN(CCC)CCc1ccc(CC(=O)O)c(Nc2c(Cl)cccc2Cl)c1CCN(CCC)CCC. The zero-order chi connectivity index (χ0) is 27.2. The molecular weight excluding hydrogens is 505 g/mol. The first-order valence-electron chi connectivity index (χ1n) is 13.9. The van der Waals surface area contributed by atoms with E-state index in [1.54, 1.807) is 12.1 Å². The molecule has 0 aliphatic carbocycles. The van der Waals surface area contributed by atoms with Crippen LogP contribution < -0.4 is 5.32 Å². The van der Waals surface area contributed by atoms with Gasteiger partial charge in [0.2, 0.25) is 0 Å². The Kier molecular flexibility index (Phi) is 14.4. The van der Waals surface area contributed by atoms with E-state index in [2.05, 4.69) is 48.9 Å². The number of aliphatic carboxylic acids is 1. The van der Waals surface area contributed by atoms with Crippen LogP contribution in [0, 0.1) is 0 Å². The molecule has 7 heteroatoms. The lowest BCUT2D eigenvalue weighted by molar-refractivity contribution is -0.136. The Morgan fingerprint density at radius 3 is 1.70 bits per heavy atom. The molecule has 0 aliphatic heterocycles. The van der Waals surface area contributed by atoms with Gasteiger partial charge < -0.3 is 20.2 Å². The summed E-state index contributed by atoms with van der Waals surface area (Å²) in [6.07, 6.45) is 6.15. The number of carboxylic acid groups (broad SMARTS) is 1. The van der Waals surface area contributed by atoms with Crippen molar-refractivity contribution in [2.24, 2.45) is 0 Å². The molecule has 0 aliphatic rings. The highest BCUT2D eigenvalue weighted by Gasteiger charge is 2.19. The summed E-state index contributed by atoms with van der Waals surface area (Å²) in [5.74, 6) is -0.859. The first-order valence-corrected chi connectivity index (χ1v) is 14.6. The average Bonchev–Trinajstić information content (AvgIpc) is 2.85. The van der Waals surface area contributed by atoms with Gasteiger partial charge in [-0.3, -0.25) is 4.79 Å².